The number of aryl methyl sites for hydroxylation is 1. The summed E-state index contributed by atoms with van der Waals surface area (Å²) < 4.78 is 43.6. The second-order valence-electron chi connectivity index (χ2n) is 10.0. The fourth-order valence-electron chi connectivity index (χ4n) is 4.89. The van der Waals surface area contributed by atoms with Crippen LogP contribution in [0.5, 0.6) is 0 Å². The summed E-state index contributed by atoms with van der Waals surface area (Å²) in [6.45, 7) is 4.40. The third kappa shape index (κ3) is 8.20. The molecule has 0 spiro atoms. The molecule has 12 nitrogen and oxygen atoms in total. The molecule has 0 saturated heterocycles. The van der Waals surface area contributed by atoms with E-state index < -0.39 is 45.1 Å². The molecule has 0 saturated carbocycles. The van der Waals surface area contributed by atoms with E-state index in [0.29, 0.717) is 35.4 Å². The standard InChI is InChI=1S/C29H35N3O9S3/c1-4-40-27(35)18-11-12-20-22(15-18)43-29(32(20)13-14-39-3)31-24(34)17-44(37,38)16-23(33)30-26-25(28(36)41-5-2)19-9-7-6-8-10-21(19)42-26/h11-12,15H,4-10,13-14,16-17H2,1-3H3,(H,30,33). The van der Waals surface area contributed by atoms with Crippen molar-refractivity contribution in [3.05, 3.63) is 44.6 Å². The first-order valence-corrected chi connectivity index (χ1v) is 17.7. The van der Waals surface area contributed by atoms with Crippen molar-refractivity contribution in [2.24, 2.45) is 4.99 Å². The van der Waals surface area contributed by atoms with E-state index in [2.05, 4.69) is 10.3 Å². The summed E-state index contributed by atoms with van der Waals surface area (Å²) in [5.41, 5.74) is 2.14. The molecule has 1 N–H and O–H groups in total. The highest BCUT2D eigenvalue weighted by Crippen LogP contribution is 2.38. The fourth-order valence-corrected chi connectivity index (χ4v) is 8.31. The molecule has 0 bridgehead atoms. The molecule has 0 radical (unpaired) electrons. The molecular weight excluding hydrogens is 631 g/mol. The van der Waals surface area contributed by atoms with Crippen molar-refractivity contribution < 1.29 is 41.8 Å². The van der Waals surface area contributed by atoms with E-state index in [1.165, 1.54) is 18.4 Å². The lowest BCUT2D eigenvalue weighted by molar-refractivity contribution is -0.115. The van der Waals surface area contributed by atoms with Gasteiger partial charge in [-0.3, -0.25) is 9.59 Å². The Bertz CT molecular complexity index is 1740. The van der Waals surface area contributed by atoms with Gasteiger partial charge in [-0.2, -0.15) is 4.99 Å². The number of carbonyl (C=O) groups excluding carboxylic acids is 4. The van der Waals surface area contributed by atoms with Crippen molar-refractivity contribution in [3.63, 3.8) is 0 Å². The summed E-state index contributed by atoms with van der Waals surface area (Å²) in [6, 6.07) is 4.93. The monoisotopic (exact) mass is 665 g/mol. The predicted molar refractivity (Wildman–Crippen MR) is 167 cm³/mol. The van der Waals surface area contributed by atoms with Crippen molar-refractivity contribution in [2.45, 2.75) is 52.5 Å². The van der Waals surface area contributed by atoms with Crippen molar-refractivity contribution in [1.29, 1.82) is 0 Å². The molecule has 1 aliphatic carbocycles. The van der Waals surface area contributed by atoms with Crippen LogP contribution in [0.25, 0.3) is 10.2 Å². The molecule has 0 atom stereocenters. The van der Waals surface area contributed by atoms with Gasteiger partial charge in [0.2, 0.25) is 5.91 Å². The third-order valence-electron chi connectivity index (χ3n) is 6.78. The van der Waals surface area contributed by atoms with Gasteiger partial charge in [0.05, 0.1) is 41.2 Å². The Kier molecular flexibility index (Phi) is 11.5. The number of ether oxygens (including phenoxy) is 3. The van der Waals surface area contributed by atoms with E-state index in [1.54, 1.807) is 36.6 Å². The van der Waals surface area contributed by atoms with E-state index in [4.69, 9.17) is 14.2 Å². The lowest BCUT2D eigenvalue weighted by Crippen LogP contribution is -2.28. The van der Waals surface area contributed by atoms with Gasteiger partial charge in [0.25, 0.3) is 5.91 Å². The van der Waals surface area contributed by atoms with Gasteiger partial charge in [0.1, 0.15) is 16.5 Å². The number of esters is 2. The fraction of sp³-hybridized carbons (Fsp3) is 0.483. The van der Waals surface area contributed by atoms with E-state index in [9.17, 15) is 27.6 Å². The highest BCUT2D eigenvalue weighted by molar-refractivity contribution is 7.92. The van der Waals surface area contributed by atoms with Crippen molar-refractivity contribution in [2.75, 3.05) is 43.8 Å². The zero-order valence-electron chi connectivity index (χ0n) is 24.8. The molecule has 0 unspecified atom stereocenters. The molecule has 2 amide bonds. The average molecular weight is 666 g/mol. The average Bonchev–Trinajstić information content (AvgIpc) is 3.37. The maximum absolute atomic E-state index is 12.9. The number of fused-ring (bicyclic) bond motifs is 2. The first-order chi connectivity index (χ1) is 21.1. The van der Waals surface area contributed by atoms with E-state index in [1.807, 2.05) is 0 Å². The molecular formula is C29H35N3O9S3. The molecule has 0 aliphatic heterocycles. The molecule has 1 aromatic carbocycles. The maximum atomic E-state index is 12.9. The maximum Gasteiger partial charge on any atom is 0.341 e. The number of thiophene rings is 1. The first kappa shape index (κ1) is 33.5. The summed E-state index contributed by atoms with van der Waals surface area (Å²) >= 11 is 2.37. The van der Waals surface area contributed by atoms with E-state index in [0.717, 1.165) is 47.5 Å². The summed E-state index contributed by atoms with van der Waals surface area (Å²) in [5.74, 6) is -4.80. The van der Waals surface area contributed by atoms with Crippen LogP contribution in [-0.2, 0) is 53.0 Å². The molecule has 15 heteroatoms. The second-order valence-corrected chi connectivity index (χ2v) is 14.2. The number of benzene rings is 1. The number of hydrogen-bond donors (Lipinski definition) is 1. The molecule has 3 aromatic rings. The Hall–Kier alpha value is -3.40. The molecule has 1 aliphatic rings. The summed E-state index contributed by atoms with van der Waals surface area (Å²) in [4.78, 5) is 55.9. The van der Waals surface area contributed by atoms with Gasteiger partial charge in [-0.25, -0.2) is 18.0 Å². The normalized spacial score (nSPS) is 13.8. The molecule has 44 heavy (non-hydrogen) atoms. The number of nitrogens with one attached hydrogen (secondary N) is 1. The quantitative estimate of drug-likeness (QED) is 0.226. The SMILES string of the molecule is CCOC(=O)c1ccc2c(c1)sc(=NC(=O)CS(=O)(=O)CC(=O)Nc1sc3c(c1C(=O)OCC)CCCCC3)n2CCOC. The Labute approximate surface area is 263 Å². The summed E-state index contributed by atoms with van der Waals surface area (Å²) in [5, 5.41) is 2.85. The van der Waals surface area contributed by atoms with Crippen LogP contribution in [0.3, 0.4) is 0 Å². The number of rotatable bonds is 12. The Morgan fingerprint density at radius 2 is 1.70 bits per heavy atom. The van der Waals surface area contributed by atoms with Gasteiger partial charge in [-0.1, -0.05) is 17.8 Å². The Morgan fingerprint density at radius 3 is 2.43 bits per heavy atom. The van der Waals surface area contributed by atoms with Gasteiger partial charge < -0.3 is 24.1 Å². The molecule has 0 fully saturated rings. The van der Waals surface area contributed by atoms with Gasteiger partial charge in [0, 0.05) is 18.5 Å². The summed E-state index contributed by atoms with van der Waals surface area (Å²) in [7, 11) is -2.69. The van der Waals surface area contributed by atoms with Crippen molar-refractivity contribution in [1.82, 2.24) is 4.57 Å². The van der Waals surface area contributed by atoms with Crippen LogP contribution in [0, 0.1) is 0 Å². The Balaban J connectivity index is 1.53. The number of anilines is 1. The molecule has 238 valence electrons. The second kappa shape index (κ2) is 15.1. The van der Waals surface area contributed by atoms with Gasteiger partial charge in [-0.05, 0) is 63.3 Å². The Morgan fingerprint density at radius 1 is 0.977 bits per heavy atom. The van der Waals surface area contributed by atoms with E-state index in [-0.39, 0.29) is 28.6 Å². The van der Waals surface area contributed by atoms with Crippen molar-refractivity contribution in [3.8, 4) is 0 Å². The van der Waals surface area contributed by atoms with Crippen molar-refractivity contribution >= 4 is 71.5 Å². The predicted octanol–water partition coefficient (Wildman–Crippen LogP) is 3.51. The van der Waals surface area contributed by atoms with Gasteiger partial charge in [0.15, 0.2) is 14.6 Å². The van der Waals surface area contributed by atoms with Crippen LogP contribution in [0.4, 0.5) is 5.00 Å². The number of hydrogen-bond acceptors (Lipinski definition) is 11. The summed E-state index contributed by atoms with van der Waals surface area (Å²) in [6.07, 6.45) is 4.34. The topological polar surface area (TPSA) is 159 Å². The molecule has 4 rings (SSSR count). The minimum absolute atomic E-state index is 0.161. The first-order valence-electron chi connectivity index (χ1n) is 14.3. The number of methoxy groups -OCH3 is 1. The van der Waals surface area contributed by atoms with Crippen LogP contribution in [0.2, 0.25) is 0 Å². The lowest BCUT2D eigenvalue weighted by Gasteiger charge is -2.08. The number of thiazole rings is 1. The smallest absolute Gasteiger partial charge is 0.341 e. The van der Waals surface area contributed by atoms with Crippen LogP contribution < -0.4 is 10.1 Å². The van der Waals surface area contributed by atoms with Gasteiger partial charge >= 0.3 is 11.9 Å². The van der Waals surface area contributed by atoms with Gasteiger partial charge in [-0.15, -0.1) is 11.3 Å². The van der Waals surface area contributed by atoms with Crippen LogP contribution in [0.15, 0.2) is 23.2 Å². The third-order valence-corrected chi connectivity index (χ3v) is 10.4. The zero-order chi connectivity index (χ0) is 31.9. The lowest BCUT2D eigenvalue weighted by atomic mass is 10.1. The minimum Gasteiger partial charge on any atom is -0.462 e. The number of aromatic nitrogens is 1. The zero-order valence-corrected chi connectivity index (χ0v) is 27.3. The van der Waals surface area contributed by atoms with Crippen LogP contribution in [-0.4, -0.2) is 75.2 Å². The number of amides is 2. The highest BCUT2D eigenvalue weighted by atomic mass is 32.2. The number of sulfone groups is 1. The van der Waals surface area contributed by atoms with Crippen LogP contribution in [0.1, 0.15) is 64.3 Å². The molecule has 2 aromatic heterocycles. The van der Waals surface area contributed by atoms with Crippen LogP contribution >= 0.6 is 22.7 Å². The molecule has 2 heterocycles. The van der Waals surface area contributed by atoms with E-state index >= 15 is 0 Å². The number of nitrogens with zero attached hydrogens (tertiary/aromatic N) is 2. The largest absolute Gasteiger partial charge is 0.462 e. The highest BCUT2D eigenvalue weighted by Gasteiger charge is 2.28. The minimum atomic E-state index is -4.21. The number of carbonyl (C=O) groups is 4.